The van der Waals surface area contributed by atoms with E-state index in [0.717, 1.165) is 39.1 Å². The molecule has 1 aromatic heterocycles. The van der Waals surface area contributed by atoms with Crippen LogP contribution in [0.3, 0.4) is 0 Å². The first-order valence-electron chi connectivity index (χ1n) is 5.98. The maximum absolute atomic E-state index is 11.5. The second kappa shape index (κ2) is 6.36. The molecule has 6 heteroatoms. The molecular weight excluding hydrogens is 220 g/mol. The zero-order valence-corrected chi connectivity index (χ0v) is 9.82. The van der Waals surface area contributed by atoms with Crippen LogP contribution in [0.5, 0.6) is 0 Å². The Kier molecular flexibility index (Phi) is 4.52. The Balaban J connectivity index is 1.58. The predicted octanol–water partition coefficient (Wildman–Crippen LogP) is -0.300. The summed E-state index contributed by atoms with van der Waals surface area (Å²) >= 11 is 0. The lowest BCUT2D eigenvalue weighted by Gasteiger charge is -2.26. The highest BCUT2D eigenvalue weighted by Crippen LogP contribution is 1.95. The van der Waals surface area contributed by atoms with Gasteiger partial charge in [-0.05, 0) is 13.0 Å². The SMILES string of the molecule is O=C(NCCCN1CCNCC1)c1ccon1. The molecule has 0 bridgehead atoms. The van der Waals surface area contributed by atoms with Crippen LogP contribution in [0, 0.1) is 0 Å². The first kappa shape index (κ1) is 12.1. The van der Waals surface area contributed by atoms with Gasteiger partial charge in [-0.25, -0.2) is 0 Å². The number of amides is 1. The summed E-state index contributed by atoms with van der Waals surface area (Å²) < 4.78 is 4.61. The van der Waals surface area contributed by atoms with Crippen LogP contribution in [0.15, 0.2) is 16.9 Å². The molecule has 1 saturated heterocycles. The number of hydrogen-bond donors (Lipinski definition) is 2. The fraction of sp³-hybridized carbons (Fsp3) is 0.636. The summed E-state index contributed by atoms with van der Waals surface area (Å²) in [6, 6.07) is 1.56. The Bertz CT molecular complexity index is 333. The Morgan fingerprint density at radius 2 is 2.35 bits per heavy atom. The molecule has 0 radical (unpaired) electrons. The fourth-order valence-corrected chi connectivity index (χ4v) is 1.86. The van der Waals surface area contributed by atoms with Gasteiger partial charge in [-0.3, -0.25) is 4.79 Å². The van der Waals surface area contributed by atoms with Crippen molar-refractivity contribution in [2.24, 2.45) is 0 Å². The van der Waals surface area contributed by atoms with E-state index >= 15 is 0 Å². The van der Waals surface area contributed by atoms with Crippen LogP contribution in [-0.2, 0) is 0 Å². The van der Waals surface area contributed by atoms with E-state index in [1.165, 1.54) is 6.26 Å². The van der Waals surface area contributed by atoms with Crippen LogP contribution in [-0.4, -0.2) is 55.2 Å². The number of rotatable bonds is 5. The van der Waals surface area contributed by atoms with Gasteiger partial charge in [0.05, 0.1) is 0 Å². The number of nitrogens with zero attached hydrogens (tertiary/aromatic N) is 2. The molecular formula is C11H18N4O2. The van der Waals surface area contributed by atoms with E-state index in [4.69, 9.17) is 0 Å². The minimum atomic E-state index is -0.168. The number of piperazine rings is 1. The number of aromatic nitrogens is 1. The molecule has 1 aromatic rings. The van der Waals surface area contributed by atoms with Crippen molar-refractivity contribution in [3.63, 3.8) is 0 Å². The van der Waals surface area contributed by atoms with Gasteiger partial charge in [-0.15, -0.1) is 0 Å². The first-order chi connectivity index (χ1) is 8.36. The van der Waals surface area contributed by atoms with E-state index in [9.17, 15) is 4.79 Å². The zero-order valence-electron chi connectivity index (χ0n) is 9.82. The van der Waals surface area contributed by atoms with Crippen LogP contribution in [0.4, 0.5) is 0 Å². The molecule has 1 aliphatic heterocycles. The lowest BCUT2D eigenvalue weighted by molar-refractivity contribution is 0.0942. The summed E-state index contributed by atoms with van der Waals surface area (Å²) in [5, 5.41) is 9.71. The van der Waals surface area contributed by atoms with Crippen molar-refractivity contribution < 1.29 is 9.32 Å². The summed E-state index contributed by atoms with van der Waals surface area (Å²) in [6.45, 7) is 6.02. The normalized spacial score (nSPS) is 16.9. The lowest BCUT2D eigenvalue weighted by Crippen LogP contribution is -2.44. The molecule has 2 rings (SSSR count). The van der Waals surface area contributed by atoms with Gasteiger partial charge in [0.1, 0.15) is 6.26 Å². The molecule has 2 N–H and O–H groups in total. The van der Waals surface area contributed by atoms with E-state index in [1.54, 1.807) is 6.07 Å². The molecule has 17 heavy (non-hydrogen) atoms. The molecule has 1 aliphatic rings. The Hall–Kier alpha value is -1.40. The molecule has 0 atom stereocenters. The molecule has 0 saturated carbocycles. The van der Waals surface area contributed by atoms with E-state index < -0.39 is 0 Å². The maximum Gasteiger partial charge on any atom is 0.273 e. The van der Waals surface area contributed by atoms with E-state index in [1.807, 2.05) is 0 Å². The predicted molar refractivity (Wildman–Crippen MR) is 62.8 cm³/mol. The smallest absolute Gasteiger partial charge is 0.273 e. The van der Waals surface area contributed by atoms with Crippen molar-refractivity contribution in [3.05, 3.63) is 18.0 Å². The molecule has 0 aromatic carbocycles. The van der Waals surface area contributed by atoms with E-state index in [2.05, 4.69) is 25.2 Å². The number of carbonyl (C=O) groups excluding carboxylic acids is 1. The largest absolute Gasteiger partial charge is 0.364 e. The van der Waals surface area contributed by atoms with E-state index in [-0.39, 0.29) is 5.91 Å². The van der Waals surface area contributed by atoms with Crippen molar-refractivity contribution in [1.82, 2.24) is 20.7 Å². The Labute approximate surface area is 100 Å². The Morgan fingerprint density at radius 3 is 3.06 bits per heavy atom. The number of nitrogens with one attached hydrogen (secondary N) is 2. The summed E-state index contributed by atoms with van der Waals surface area (Å²) in [5.74, 6) is -0.168. The third kappa shape index (κ3) is 3.83. The summed E-state index contributed by atoms with van der Waals surface area (Å²) in [6.07, 6.45) is 2.36. The van der Waals surface area contributed by atoms with Gasteiger partial charge in [-0.2, -0.15) is 0 Å². The number of carbonyl (C=O) groups is 1. The summed E-state index contributed by atoms with van der Waals surface area (Å²) in [5.41, 5.74) is 0.340. The summed E-state index contributed by atoms with van der Waals surface area (Å²) in [7, 11) is 0. The van der Waals surface area contributed by atoms with Crippen molar-refractivity contribution in [2.75, 3.05) is 39.3 Å². The lowest BCUT2D eigenvalue weighted by atomic mass is 10.3. The fourth-order valence-electron chi connectivity index (χ4n) is 1.86. The van der Waals surface area contributed by atoms with Gasteiger partial charge >= 0.3 is 0 Å². The van der Waals surface area contributed by atoms with Crippen molar-refractivity contribution in [1.29, 1.82) is 0 Å². The first-order valence-corrected chi connectivity index (χ1v) is 5.98. The molecule has 0 unspecified atom stereocenters. The molecule has 6 nitrogen and oxygen atoms in total. The molecule has 1 amide bonds. The third-order valence-corrected chi connectivity index (χ3v) is 2.82. The maximum atomic E-state index is 11.5. The van der Waals surface area contributed by atoms with Crippen LogP contribution in [0.25, 0.3) is 0 Å². The summed E-state index contributed by atoms with van der Waals surface area (Å²) in [4.78, 5) is 13.9. The van der Waals surface area contributed by atoms with Gasteiger partial charge in [-0.1, -0.05) is 5.16 Å². The van der Waals surface area contributed by atoms with E-state index in [0.29, 0.717) is 12.2 Å². The third-order valence-electron chi connectivity index (χ3n) is 2.82. The van der Waals surface area contributed by atoms with Crippen LogP contribution >= 0.6 is 0 Å². The highest BCUT2D eigenvalue weighted by Gasteiger charge is 2.10. The molecule has 2 heterocycles. The second-order valence-electron chi connectivity index (χ2n) is 4.09. The second-order valence-corrected chi connectivity index (χ2v) is 4.09. The van der Waals surface area contributed by atoms with Crippen molar-refractivity contribution in [2.45, 2.75) is 6.42 Å². The van der Waals surface area contributed by atoms with Crippen molar-refractivity contribution >= 4 is 5.91 Å². The molecule has 94 valence electrons. The molecule has 1 fully saturated rings. The minimum absolute atomic E-state index is 0.168. The zero-order chi connectivity index (χ0) is 11.9. The highest BCUT2D eigenvalue weighted by atomic mass is 16.5. The van der Waals surface area contributed by atoms with Gasteiger partial charge in [0.25, 0.3) is 5.91 Å². The molecule has 0 spiro atoms. The van der Waals surface area contributed by atoms with Crippen LogP contribution < -0.4 is 10.6 Å². The molecule has 0 aliphatic carbocycles. The van der Waals surface area contributed by atoms with Crippen molar-refractivity contribution in [3.8, 4) is 0 Å². The monoisotopic (exact) mass is 238 g/mol. The van der Waals surface area contributed by atoms with Crippen LogP contribution in [0.2, 0.25) is 0 Å². The van der Waals surface area contributed by atoms with Gasteiger partial charge < -0.3 is 20.1 Å². The standard InChI is InChI=1S/C11H18N4O2/c16-11(10-2-9-17-14-10)13-3-1-6-15-7-4-12-5-8-15/h2,9,12H,1,3-8H2,(H,13,16). The quantitative estimate of drug-likeness (QED) is 0.689. The average Bonchev–Trinajstić information content (AvgIpc) is 2.89. The van der Waals surface area contributed by atoms with Gasteiger partial charge in [0, 0.05) is 38.8 Å². The van der Waals surface area contributed by atoms with Gasteiger partial charge in [0.15, 0.2) is 5.69 Å². The minimum Gasteiger partial charge on any atom is -0.364 e. The number of hydrogen-bond acceptors (Lipinski definition) is 5. The topological polar surface area (TPSA) is 70.4 Å². The highest BCUT2D eigenvalue weighted by molar-refractivity contribution is 5.91. The van der Waals surface area contributed by atoms with Gasteiger partial charge in [0.2, 0.25) is 0 Å². The Morgan fingerprint density at radius 1 is 1.53 bits per heavy atom. The van der Waals surface area contributed by atoms with Crippen LogP contribution in [0.1, 0.15) is 16.9 Å². The average molecular weight is 238 g/mol.